The molecular weight excluding hydrogens is 441 g/mol. The lowest BCUT2D eigenvalue weighted by Gasteiger charge is -2.14. The highest BCUT2D eigenvalue weighted by Gasteiger charge is 2.23. The van der Waals surface area contributed by atoms with Crippen molar-refractivity contribution in [2.24, 2.45) is 0 Å². The number of hydrogen-bond donors (Lipinski definition) is 1. The average molecular weight is 455 g/mol. The summed E-state index contributed by atoms with van der Waals surface area (Å²) in [5.74, 6) is -0.542. The molecule has 8 heteroatoms. The molecule has 0 aliphatic rings. The molecule has 0 amide bonds. The Hall–Kier alpha value is -2.05. The number of sulfonamides is 1. The van der Waals surface area contributed by atoms with Crippen LogP contribution in [-0.2, 0) is 10.0 Å². The molecule has 0 heterocycles. The van der Waals surface area contributed by atoms with Gasteiger partial charge in [0, 0.05) is 10.6 Å². The van der Waals surface area contributed by atoms with Crippen LogP contribution in [0.4, 0.5) is 5.69 Å². The molecule has 4 nitrogen and oxygen atoms in total. The Kier molecular flexibility index (Phi) is 6.01. The van der Waals surface area contributed by atoms with Crippen LogP contribution in [0.15, 0.2) is 65.6 Å². The molecule has 0 aliphatic heterocycles. The van der Waals surface area contributed by atoms with Crippen LogP contribution >= 0.6 is 34.8 Å². The molecule has 3 rings (SSSR count). The second-order valence-electron chi connectivity index (χ2n) is 6.03. The van der Waals surface area contributed by atoms with Crippen molar-refractivity contribution in [3.8, 4) is 0 Å². The smallest absolute Gasteiger partial charge is 0.261 e. The molecule has 0 fully saturated rings. The van der Waals surface area contributed by atoms with Gasteiger partial charge in [0.25, 0.3) is 10.0 Å². The Balaban J connectivity index is 2.07. The molecule has 1 N–H and O–H groups in total. The first kappa shape index (κ1) is 20.7. The summed E-state index contributed by atoms with van der Waals surface area (Å²) in [6.45, 7) is 1.85. The molecule has 0 spiro atoms. The third-order valence-electron chi connectivity index (χ3n) is 3.99. The quantitative estimate of drug-likeness (QED) is 0.482. The van der Waals surface area contributed by atoms with Crippen molar-refractivity contribution in [3.05, 3.63) is 92.4 Å². The molecule has 0 saturated carbocycles. The average Bonchev–Trinajstić information content (AvgIpc) is 2.63. The van der Waals surface area contributed by atoms with Gasteiger partial charge in [-0.3, -0.25) is 9.52 Å². The Morgan fingerprint density at radius 3 is 2.11 bits per heavy atom. The summed E-state index contributed by atoms with van der Waals surface area (Å²) in [6, 6.07) is 15.3. The molecule has 0 saturated heterocycles. The molecular formula is C20H14Cl3NO3S. The molecule has 0 radical (unpaired) electrons. The predicted molar refractivity (Wildman–Crippen MR) is 113 cm³/mol. The fourth-order valence-electron chi connectivity index (χ4n) is 2.56. The zero-order valence-corrected chi connectivity index (χ0v) is 17.6. The lowest BCUT2D eigenvalue weighted by molar-refractivity contribution is 0.104. The highest BCUT2D eigenvalue weighted by atomic mass is 35.5. The molecule has 3 aromatic rings. The van der Waals surface area contributed by atoms with Crippen LogP contribution in [0, 0.1) is 6.92 Å². The Labute approximate surface area is 178 Å². The number of carbonyl (C=O) groups excluding carboxylic acids is 1. The third kappa shape index (κ3) is 4.33. The van der Waals surface area contributed by atoms with Crippen LogP contribution in [0.5, 0.6) is 0 Å². The predicted octanol–water partition coefficient (Wildman–Crippen LogP) is 5.99. The number of halogens is 3. The number of ketones is 1. The van der Waals surface area contributed by atoms with E-state index in [1.54, 1.807) is 18.2 Å². The Bertz CT molecular complexity index is 1140. The molecule has 0 bridgehead atoms. The summed E-state index contributed by atoms with van der Waals surface area (Å²) in [4.78, 5) is 13.1. The van der Waals surface area contributed by atoms with Gasteiger partial charge in [-0.2, -0.15) is 0 Å². The van der Waals surface area contributed by atoms with Crippen molar-refractivity contribution in [2.45, 2.75) is 11.8 Å². The van der Waals surface area contributed by atoms with Gasteiger partial charge in [0.2, 0.25) is 0 Å². The Morgan fingerprint density at radius 1 is 0.893 bits per heavy atom. The van der Waals surface area contributed by atoms with Crippen LogP contribution in [0.1, 0.15) is 21.5 Å². The first-order chi connectivity index (χ1) is 13.2. The van der Waals surface area contributed by atoms with E-state index in [-0.39, 0.29) is 36.8 Å². The first-order valence-corrected chi connectivity index (χ1v) is 10.7. The summed E-state index contributed by atoms with van der Waals surface area (Å²) in [7, 11) is -3.91. The van der Waals surface area contributed by atoms with Gasteiger partial charge in [-0.1, -0.05) is 58.6 Å². The van der Waals surface area contributed by atoms with Gasteiger partial charge in [0.1, 0.15) is 0 Å². The van der Waals surface area contributed by atoms with E-state index < -0.39 is 15.8 Å². The molecule has 0 unspecified atom stereocenters. The minimum Gasteiger partial charge on any atom is -0.288 e. The van der Waals surface area contributed by atoms with Crippen LogP contribution < -0.4 is 4.72 Å². The molecule has 28 heavy (non-hydrogen) atoms. The highest BCUT2D eigenvalue weighted by Crippen LogP contribution is 2.31. The molecule has 0 aliphatic carbocycles. The van der Waals surface area contributed by atoms with Gasteiger partial charge in [0.05, 0.1) is 26.2 Å². The van der Waals surface area contributed by atoms with Gasteiger partial charge >= 0.3 is 0 Å². The standard InChI is InChI=1S/C20H14Cl3NO3S/c1-12-5-8-14(9-6-12)28(26,27)24-18-10-7-13(21)11-15(18)20(25)19-16(22)3-2-4-17(19)23/h2-11,24H,1H3. The molecule has 144 valence electrons. The van der Waals surface area contributed by atoms with Crippen molar-refractivity contribution in [3.63, 3.8) is 0 Å². The molecule has 0 atom stereocenters. The maximum Gasteiger partial charge on any atom is 0.261 e. The van der Waals surface area contributed by atoms with Gasteiger partial charge in [0.15, 0.2) is 5.78 Å². The van der Waals surface area contributed by atoms with Crippen molar-refractivity contribution >= 4 is 56.3 Å². The maximum atomic E-state index is 13.1. The fourth-order valence-corrected chi connectivity index (χ4v) is 4.38. The third-order valence-corrected chi connectivity index (χ3v) is 6.24. The lowest BCUT2D eigenvalue weighted by Crippen LogP contribution is -2.16. The minimum absolute atomic E-state index is 0.0400. The number of anilines is 1. The molecule has 3 aromatic carbocycles. The topological polar surface area (TPSA) is 63.2 Å². The van der Waals surface area contributed by atoms with E-state index in [2.05, 4.69) is 4.72 Å². The van der Waals surface area contributed by atoms with Gasteiger partial charge in [-0.15, -0.1) is 0 Å². The fraction of sp³-hybridized carbons (Fsp3) is 0.0500. The van der Waals surface area contributed by atoms with E-state index in [0.29, 0.717) is 0 Å². The zero-order valence-electron chi connectivity index (χ0n) is 14.5. The second kappa shape index (κ2) is 8.13. The lowest BCUT2D eigenvalue weighted by atomic mass is 10.0. The number of aryl methyl sites for hydroxylation is 1. The van der Waals surface area contributed by atoms with E-state index in [1.165, 1.54) is 42.5 Å². The largest absolute Gasteiger partial charge is 0.288 e. The van der Waals surface area contributed by atoms with Crippen LogP contribution in [0.3, 0.4) is 0 Å². The van der Waals surface area contributed by atoms with Gasteiger partial charge in [-0.05, 0) is 49.4 Å². The van der Waals surface area contributed by atoms with Crippen LogP contribution in [0.25, 0.3) is 0 Å². The summed E-state index contributed by atoms with van der Waals surface area (Å²) in [5.41, 5.74) is 1.11. The number of rotatable bonds is 5. The minimum atomic E-state index is -3.91. The summed E-state index contributed by atoms with van der Waals surface area (Å²) < 4.78 is 27.9. The van der Waals surface area contributed by atoms with E-state index in [9.17, 15) is 13.2 Å². The van der Waals surface area contributed by atoms with Crippen molar-refractivity contribution in [1.29, 1.82) is 0 Å². The second-order valence-corrected chi connectivity index (χ2v) is 8.97. The van der Waals surface area contributed by atoms with Gasteiger partial charge in [-0.25, -0.2) is 8.42 Å². The SMILES string of the molecule is Cc1ccc(S(=O)(=O)Nc2ccc(Cl)cc2C(=O)c2c(Cl)cccc2Cl)cc1. The van der Waals surface area contributed by atoms with Crippen LogP contribution in [0.2, 0.25) is 15.1 Å². The van der Waals surface area contributed by atoms with Crippen molar-refractivity contribution in [2.75, 3.05) is 4.72 Å². The van der Waals surface area contributed by atoms with Crippen molar-refractivity contribution < 1.29 is 13.2 Å². The van der Waals surface area contributed by atoms with Gasteiger partial charge < -0.3 is 0 Å². The van der Waals surface area contributed by atoms with E-state index in [4.69, 9.17) is 34.8 Å². The summed E-state index contributed by atoms with van der Waals surface area (Å²) >= 11 is 18.3. The normalized spacial score (nSPS) is 11.3. The number of carbonyl (C=O) groups is 1. The number of benzene rings is 3. The Morgan fingerprint density at radius 2 is 1.50 bits per heavy atom. The summed E-state index contributed by atoms with van der Waals surface area (Å²) in [6.07, 6.45) is 0. The number of nitrogens with one attached hydrogen (secondary N) is 1. The van der Waals surface area contributed by atoms with Crippen LogP contribution in [-0.4, -0.2) is 14.2 Å². The highest BCUT2D eigenvalue weighted by molar-refractivity contribution is 7.92. The molecule has 0 aromatic heterocycles. The van der Waals surface area contributed by atoms with E-state index >= 15 is 0 Å². The zero-order chi connectivity index (χ0) is 20.5. The maximum absolute atomic E-state index is 13.1. The first-order valence-electron chi connectivity index (χ1n) is 8.07. The van der Waals surface area contributed by atoms with E-state index in [0.717, 1.165) is 5.56 Å². The van der Waals surface area contributed by atoms with Crippen molar-refractivity contribution in [1.82, 2.24) is 0 Å². The number of hydrogen-bond acceptors (Lipinski definition) is 3. The monoisotopic (exact) mass is 453 g/mol. The summed E-state index contributed by atoms with van der Waals surface area (Å²) in [5, 5.41) is 0.583. The van der Waals surface area contributed by atoms with E-state index in [1.807, 2.05) is 6.92 Å².